The molecule has 2 rings (SSSR count). The Morgan fingerprint density at radius 2 is 1.64 bits per heavy atom. The fraction of sp³-hybridized carbons (Fsp3) is 0.583. The predicted molar refractivity (Wildman–Crippen MR) is 197 cm³/mol. The number of halogens is 1. The first-order valence-electron chi connectivity index (χ1n) is 16.7. The zero-order valence-electron chi connectivity index (χ0n) is 30.0. The summed E-state index contributed by atoms with van der Waals surface area (Å²) in [5, 5.41) is 8.10. The number of amides is 6. The van der Waals surface area contributed by atoms with Gasteiger partial charge in [-0.15, -0.1) is 0 Å². The van der Waals surface area contributed by atoms with Crippen LogP contribution >= 0.6 is 22.6 Å². The van der Waals surface area contributed by atoms with E-state index in [-0.39, 0.29) is 40.8 Å². The number of allylic oxidation sites excluding steroid dienone is 3. The molecule has 2 unspecified atom stereocenters. The number of hydrogen-bond donors (Lipinski definition) is 4. The van der Waals surface area contributed by atoms with E-state index in [0.29, 0.717) is 51.6 Å². The van der Waals surface area contributed by atoms with Crippen LogP contribution in [-0.2, 0) is 38.3 Å². The molecule has 1 heterocycles. The van der Waals surface area contributed by atoms with Crippen LogP contribution in [0.25, 0.3) is 0 Å². The molecule has 0 spiro atoms. The van der Waals surface area contributed by atoms with Gasteiger partial charge in [0, 0.05) is 30.8 Å². The molecular weight excluding hydrogens is 757 g/mol. The summed E-state index contributed by atoms with van der Waals surface area (Å²) in [5.74, 6) is -3.69. The molecule has 1 saturated carbocycles. The average molecular weight is 810 g/mol. The largest absolute Gasteiger partial charge is 0.447 e. The number of alkyl halides is 1. The van der Waals surface area contributed by atoms with Crippen molar-refractivity contribution in [3.8, 4) is 0 Å². The van der Waals surface area contributed by atoms with Gasteiger partial charge in [0.05, 0.1) is 11.3 Å². The van der Waals surface area contributed by atoms with Crippen LogP contribution in [-0.4, -0.2) is 69.6 Å². The van der Waals surface area contributed by atoms with Gasteiger partial charge in [-0.3, -0.25) is 38.5 Å². The summed E-state index contributed by atoms with van der Waals surface area (Å²) < 4.78 is 4.26. The van der Waals surface area contributed by atoms with Crippen molar-refractivity contribution in [3.63, 3.8) is 0 Å². The standard InChI is InChI=1S/C36H52IN5O8/c1-9-22(26(28(38)44)50-33(49)35(6,7)8)15-16-23(10-2)40-29(45)27(37)41-32(48)36(17-14-18-36)31(47)39-19-12-11-13-20-42-25(43)21-24(30(42)46)34(3,4)5/h9-10,15-16,24,26-27H,1-2,11-14,17-21H2,3-8H3,(H2,38,44)(H,39,47)(H,40,45)(H,41,48)/b22-15+,23-16+/t24?,26?,27-/m1/s1. The Hall–Kier alpha value is -3.82. The molecule has 2 aliphatic rings. The highest BCUT2D eigenvalue weighted by atomic mass is 127. The van der Waals surface area contributed by atoms with E-state index in [9.17, 15) is 33.6 Å². The third-order valence-corrected chi connectivity index (χ3v) is 9.65. The van der Waals surface area contributed by atoms with Crippen molar-refractivity contribution in [1.29, 1.82) is 0 Å². The van der Waals surface area contributed by atoms with Gasteiger partial charge in [0.15, 0.2) is 4.05 Å². The quantitative estimate of drug-likeness (QED) is 0.0251. The SMILES string of the molecule is C=C/C(=C\C=C(/C=C)C(OC(=O)C(C)(C)C)C(N)=O)NC(=O)[C@H](I)NC(=O)C1(C(=O)NCCCCCN2C(=O)CC(C(C)(C)C)C2=O)CCC1. The number of nitrogens with one attached hydrogen (secondary N) is 3. The van der Waals surface area contributed by atoms with E-state index in [0.717, 1.165) is 0 Å². The molecule has 0 radical (unpaired) electrons. The number of carbonyl (C=O) groups is 7. The molecular formula is C36H52IN5O8. The summed E-state index contributed by atoms with van der Waals surface area (Å²) in [6, 6.07) is 0. The Balaban J connectivity index is 1.92. The number of primary amides is 1. The minimum Gasteiger partial charge on any atom is -0.447 e. The van der Waals surface area contributed by atoms with E-state index in [4.69, 9.17) is 10.5 Å². The van der Waals surface area contributed by atoms with E-state index < -0.39 is 50.6 Å². The number of esters is 1. The lowest BCUT2D eigenvalue weighted by Gasteiger charge is -2.39. The predicted octanol–water partition coefficient (Wildman–Crippen LogP) is 3.48. The minimum absolute atomic E-state index is 0.124. The summed E-state index contributed by atoms with van der Waals surface area (Å²) >= 11 is 1.75. The highest BCUT2D eigenvalue weighted by molar-refractivity contribution is 14.1. The second-order valence-electron chi connectivity index (χ2n) is 14.7. The number of imide groups is 1. The summed E-state index contributed by atoms with van der Waals surface area (Å²) in [7, 11) is 0. The summed E-state index contributed by atoms with van der Waals surface area (Å²) in [6.07, 6.45) is 7.56. The van der Waals surface area contributed by atoms with Gasteiger partial charge in [-0.1, -0.05) is 52.5 Å². The van der Waals surface area contributed by atoms with Crippen molar-refractivity contribution in [3.05, 3.63) is 48.7 Å². The van der Waals surface area contributed by atoms with Gasteiger partial charge < -0.3 is 26.4 Å². The molecule has 50 heavy (non-hydrogen) atoms. The fourth-order valence-electron chi connectivity index (χ4n) is 5.33. The Morgan fingerprint density at radius 1 is 1.00 bits per heavy atom. The Morgan fingerprint density at radius 3 is 2.12 bits per heavy atom. The molecule has 0 bridgehead atoms. The number of unbranched alkanes of at least 4 members (excludes halogenated alkanes) is 2. The van der Waals surface area contributed by atoms with Crippen LogP contribution in [0.5, 0.6) is 0 Å². The third-order valence-electron chi connectivity index (χ3n) is 8.77. The van der Waals surface area contributed by atoms with E-state index >= 15 is 0 Å². The topological polar surface area (TPSA) is 194 Å². The third kappa shape index (κ3) is 11.1. The maximum absolute atomic E-state index is 13.3. The van der Waals surface area contributed by atoms with Crippen molar-refractivity contribution < 1.29 is 38.3 Å². The second kappa shape index (κ2) is 17.9. The van der Waals surface area contributed by atoms with Crippen LogP contribution in [0, 0.1) is 22.2 Å². The van der Waals surface area contributed by atoms with E-state index in [1.54, 1.807) is 43.4 Å². The van der Waals surface area contributed by atoms with Crippen LogP contribution in [0.2, 0.25) is 0 Å². The monoisotopic (exact) mass is 809 g/mol. The zero-order valence-corrected chi connectivity index (χ0v) is 32.1. The zero-order chi connectivity index (χ0) is 38.0. The number of rotatable bonds is 17. The lowest BCUT2D eigenvalue weighted by atomic mass is 9.67. The first-order chi connectivity index (χ1) is 23.2. The van der Waals surface area contributed by atoms with Crippen LogP contribution in [0.4, 0.5) is 0 Å². The molecule has 0 aromatic heterocycles. The van der Waals surface area contributed by atoms with Crippen LogP contribution in [0.15, 0.2) is 48.7 Å². The van der Waals surface area contributed by atoms with E-state index in [1.165, 1.54) is 29.2 Å². The van der Waals surface area contributed by atoms with E-state index in [1.807, 2.05) is 20.8 Å². The van der Waals surface area contributed by atoms with Crippen molar-refractivity contribution in [2.24, 2.45) is 27.9 Å². The minimum atomic E-state index is -1.41. The fourth-order valence-corrected chi connectivity index (χ4v) is 5.77. The normalized spacial score (nSPS) is 19.1. The van der Waals surface area contributed by atoms with Crippen molar-refractivity contribution >= 4 is 64.0 Å². The number of nitrogens with two attached hydrogens (primary N) is 1. The van der Waals surface area contributed by atoms with Gasteiger partial charge in [0.1, 0.15) is 5.41 Å². The Bertz CT molecular complexity index is 1430. The molecule has 1 aliphatic carbocycles. The number of ether oxygens (including phenoxy) is 1. The molecule has 276 valence electrons. The molecule has 6 amide bonds. The smallest absolute Gasteiger partial charge is 0.312 e. The van der Waals surface area contributed by atoms with Gasteiger partial charge >= 0.3 is 5.97 Å². The molecule has 2 fully saturated rings. The summed E-state index contributed by atoms with van der Waals surface area (Å²) in [4.78, 5) is 90.2. The van der Waals surface area contributed by atoms with Gasteiger partial charge in [-0.05, 0) is 93.0 Å². The van der Waals surface area contributed by atoms with Crippen molar-refractivity contribution in [2.45, 2.75) is 96.6 Å². The first-order valence-corrected chi connectivity index (χ1v) is 18.0. The van der Waals surface area contributed by atoms with Crippen molar-refractivity contribution in [1.82, 2.24) is 20.9 Å². The number of nitrogens with zero attached hydrogens (tertiary/aromatic N) is 1. The Kier molecular flexibility index (Phi) is 15.2. The maximum Gasteiger partial charge on any atom is 0.312 e. The molecule has 14 heteroatoms. The lowest BCUT2D eigenvalue weighted by molar-refractivity contribution is -0.160. The number of carbonyl (C=O) groups excluding carboxylic acids is 7. The first kappa shape index (κ1) is 42.3. The summed E-state index contributed by atoms with van der Waals surface area (Å²) in [5.41, 5.74) is 3.40. The lowest BCUT2D eigenvalue weighted by Crippen LogP contribution is -2.58. The number of likely N-dealkylation sites (tertiary alicyclic amines) is 1. The molecule has 1 saturated heterocycles. The second-order valence-corrected chi connectivity index (χ2v) is 16.0. The number of hydrogen-bond acceptors (Lipinski definition) is 8. The van der Waals surface area contributed by atoms with Gasteiger partial charge in [-0.2, -0.15) is 0 Å². The highest BCUT2D eigenvalue weighted by Crippen LogP contribution is 2.41. The van der Waals surface area contributed by atoms with Crippen molar-refractivity contribution in [2.75, 3.05) is 13.1 Å². The molecule has 0 aromatic carbocycles. The Labute approximate surface area is 308 Å². The molecule has 13 nitrogen and oxygen atoms in total. The van der Waals surface area contributed by atoms with Gasteiger partial charge in [0.2, 0.25) is 29.7 Å². The van der Waals surface area contributed by atoms with Gasteiger partial charge in [-0.25, -0.2) is 0 Å². The molecule has 3 atom stereocenters. The van der Waals surface area contributed by atoms with Crippen LogP contribution < -0.4 is 21.7 Å². The average Bonchev–Trinajstić information content (AvgIpc) is 3.29. The highest BCUT2D eigenvalue weighted by Gasteiger charge is 2.51. The van der Waals surface area contributed by atoms with Crippen LogP contribution in [0.3, 0.4) is 0 Å². The maximum atomic E-state index is 13.3. The molecule has 1 aliphatic heterocycles. The van der Waals surface area contributed by atoms with Gasteiger partial charge in [0.25, 0.3) is 11.8 Å². The van der Waals surface area contributed by atoms with Crippen LogP contribution in [0.1, 0.15) is 86.5 Å². The van der Waals surface area contributed by atoms with E-state index in [2.05, 4.69) is 29.1 Å². The summed E-state index contributed by atoms with van der Waals surface area (Å²) in [6.45, 7) is 18.8. The molecule has 5 N–H and O–H groups in total. The molecule has 0 aromatic rings.